The Bertz CT molecular complexity index is 332. The van der Waals surface area contributed by atoms with E-state index < -0.39 is 0 Å². The molecule has 85 valence electrons. The minimum atomic E-state index is 0.505. The van der Waals surface area contributed by atoms with Gasteiger partial charge in [-0.05, 0) is 18.4 Å². The lowest BCUT2D eigenvalue weighted by atomic mass is 9.84. The van der Waals surface area contributed by atoms with Crippen LogP contribution in [0.5, 0.6) is 0 Å². The van der Waals surface area contributed by atoms with Crippen LogP contribution in [0.1, 0.15) is 24.3 Å². The van der Waals surface area contributed by atoms with Gasteiger partial charge in [0.25, 0.3) is 0 Å². The first-order valence-electron chi connectivity index (χ1n) is 6.24. The maximum atomic E-state index is 5.49. The Kier molecular flexibility index (Phi) is 2.94. The third-order valence-electron chi connectivity index (χ3n) is 3.87. The first-order valence-corrected chi connectivity index (χ1v) is 6.24. The summed E-state index contributed by atoms with van der Waals surface area (Å²) in [6, 6.07) is 11.3. The molecule has 1 unspecified atom stereocenters. The van der Waals surface area contributed by atoms with E-state index in [9.17, 15) is 0 Å². The molecule has 2 heterocycles. The van der Waals surface area contributed by atoms with Crippen LogP contribution in [0.2, 0.25) is 0 Å². The second-order valence-electron chi connectivity index (χ2n) is 4.83. The number of hydrogen-bond acceptors (Lipinski definition) is 1. The van der Waals surface area contributed by atoms with Gasteiger partial charge in [-0.1, -0.05) is 30.3 Å². The van der Waals surface area contributed by atoms with Crippen molar-refractivity contribution < 1.29 is 4.74 Å². The second-order valence-corrected chi connectivity index (χ2v) is 4.83. The smallest absolute Gasteiger partial charge is 0.0510 e. The molecule has 1 aromatic rings. The summed E-state index contributed by atoms with van der Waals surface area (Å²) >= 11 is 0. The lowest BCUT2D eigenvalue weighted by molar-refractivity contribution is 0.176. The van der Waals surface area contributed by atoms with E-state index in [0.29, 0.717) is 17.9 Å². The highest BCUT2D eigenvalue weighted by molar-refractivity contribution is 5.23. The Morgan fingerprint density at radius 1 is 1.12 bits per heavy atom. The van der Waals surface area contributed by atoms with Gasteiger partial charge in [-0.25, -0.2) is 5.32 Å². The van der Waals surface area contributed by atoms with Crippen molar-refractivity contribution in [2.45, 2.75) is 24.8 Å². The van der Waals surface area contributed by atoms with Crippen molar-refractivity contribution in [1.82, 2.24) is 5.32 Å². The summed E-state index contributed by atoms with van der Waals surface area (Å²) in [7, 11) is 0. The number of rotatable bonds is 2. The molecular weight excluding hydrogens is 198 g/mol. The van der Waals surface area contributed by atoms with Crippen LogP contribution in [0.3, 0.4) is 0 Å². The van der Waals surface area contributed by atoms with Crippen molar-refractivity contribution in [3.8, 4) is 0 Å². The zero-order valence-electron chi connectivity index (χ0n) is 9.51. The SMILES string of the molecule is c1ccc([C@H]2CC[N]C2[C@@H]2CCOC2)cc1. The van der Waals surface area contributed by atoms with Gasteiger partial charge >= 0.3 is 0 Å². The van der Waals surface area contributed by atoms with Gasteiger partial charge in [-0.2, -0.15) is 0 Å². The molecule has 1 radical (unpaired) electrons. The van der Waals surface area contributed by atoms with Crippen LogP contribution in [-0.2, 0) is 4.74 Å². The highest BCUT2D eigenvalue weighted by atomic mass is 16.5. The molecule has 0 aliphatic carbocycles. The van der Waals surface area contributed by atoms with Crippen LogP contribution >= 0.6 is 0 Å². The molecule has 0 bridgehead atoms. The van der Waals surface area contributed by atoms with E-state index in [1.165, 1.54) is 18.4 Å². The fourth-order valence-corrected chi connectivity index (χ4v) is 3.02. The molecule has 2 fully saturated rings. The molecule has 3 atom stereocenters. The lowest BCUT2D eigenvalue weighted by Gasteiger charge is -2.23. The molecule has 2 saturated heterocycles. The monoisotopic (exact) mass is 216 g/mol. The first-order chi connectivity index (χ1) is 7.95. The molecule has 0 aromatic heterocycles. The van der Waals surface area contributed by atoms with Gasteiger partial charge in [0.2, 0.25) is 0 Å². The van der Waals surface area contributed by atoms with E-state index in [2.05, 4.69) is 30.3 Å². The third kappa shape index (κ3) is 1.87. The quantitative estimate of drug-likeness (QED) is 0.743. The summed E-state index contributed by atoms with van der Waals surface area (Å²) in [6.45, 7) is 2.87. The Morgan fingerprint density at radius 2 is 2.00 bits per heavy atom. The number of hydrogen-bond donors (Lipinski definition) is 0. The van der Waals surface area contributed by atoms with Crippen LogP contribution in [-0.4, -0.2) is 25.8 Å². The van der Waals surface area contributed by atoms with Crippen LogP contribution in [0, 0.1) is 5.92 Å². The molecule has 16 heavy (non-hydrogen) atoms. The van der Waals surface area contributed by atoms with Gasteiger partial charge in [-0.3, -0.25) is 0 Å². The summed E-state index contributed by atoms with van der Waals surface area (Å²) in [5.74, 6) is 1.29. The average molecular weight is 216 g/mol. The molecule has 0 spiro atoms. The molecule has 2 aliphatic rings. The summed E-state index contributed by atoms with van der Waals surface area (Å²) in [4.78, 5) is 0. The predicted molar refractivity (Wildman–Crippen MR) is 63.5 cm³/mol. The van der Waals surface area contributed by atoms with E-state index in [1.807, 2.05) is 0 Å². The summed E-state index contributed by atoms with van der Waals surface area (Å²) in [5.41, 5.74) is 1.46. The number of benzene rings is 1. The van der Waals surface area contributed by atoms with E-state index >= 15 is 0 Å². The van der Waals surface area contributed by atoms with Crippen LogP contribution in [0.25, 0.3) is 0 Å². The number of ether oxygens (including phenoxy) is 1. The molecule has 2 aliphatic heterocycles. The Hall–Kier alpha value is -0.860. The van der Waals surface area contributed by atoms with Crippen molar-refractivity contribution in [3.63, 3.8) is 0 Å². The lowest BCUT2D eigenvalue weighted by Crippen LogP contribution is -2.30. The van der Waals surface area contributed by atoms with Crippen LogP contribution < -0.4 is 5.32 Å². The van der Waals surface area contributed by atoms with Gasteiger partial charge < -0.3 is 4.74 Å². The molecule has 2 nitrogen and oxygen atoms in total. The molecule has 3 rings (SSSR count). The van der Waals surface area contributed by atoms with E-state index in [-0.39, 0.29) is 0 Å². The summed E-state index contributed by atoms with van der Waals surface area (Å²) < 4.78 is 5.49. The molecule has 0 N–H and O–H groups in total. The summed E-state index contributed by atoms with van der Waals surface area (Å²) in [6.07, 6.45) is 2.41. The minimum absolute atomic E-state index is 0.505. The molecule has 2 heteroatoms. The van der Waals surface area contributed by atoms with Gasteiger partial charge in [-0.15, -0.1) is 0 Å². The van der Waals surface area contributed by atoms with Gasteiger partial charge in [0.15, 0.2) is 0 Å². The van der Waals surface area contributed by atoms with Gasteiger partial charge in [0.05, 0.1) is 6.61 Å². The van der Waals surface area contributed by atoms with Crippen molar-refractivity contribution in [1.29, 1.82) is 0 Å². The highest BCUT2D eigenvalue weighted by Crippen LogP contribution is 2.35. The Labute approximate surface area is 97.0 Å². The maximum Gasteiger partial charge on any atom is 0.0510 e. The molecular formula is C14H18NO. The van der Waals surface area contributed by atoms with Crippen molar-refractivity contribution in [3.05, 3.63) is 35.9 Å². The fraction of sp³-hybridized carbons (Fsp3) is 0.571. The van der Waals surface area contributed by atoms with Crippen molar-refractivity contribution in [2.75, 3.05) is 19.8 Å². The van der Waals surface area contributed by atoms with Crippen LogP contribution in [0.15, 0.2) is 30.3 Å². The average Bonchev–Trinajstić information content (AvgIpc) is 3.01. The Balaban J connectivity index is 1.78. The molecule has 0 saturated carbocycles. The minimum Gasteiger partial charge on any atom is -0.381 e. The third-order valence-corrected chi connectivity index (χ3v) is 3.87. The zero-order chi connectivity index (χ0) is 10.8. The second kappa shape index (κ2) is 4.56. The fourth-order valence-electron chi connectivity index (χ4n) is 3.02. The van der Waals surface area contributed by atoms with E-state index in [1.54, 1.807) is 0 Å². The predicted octanol–water partition coefficient (Wildman–Crippen LogP) is 2.18. The summed E-state index contributed by atoms with van der Waals surface area (Å²) in [5, 5.41) is 4.80. The number of nitrogens with zero attached hydrogens (tertiary/aromatic N) is 1. The first kappa shape index (κ1) is 10.3. The van der Waals surface area contributed by atoms with Gasteiger partial charge in [0.1, 0.15) is 0 Å². The Morgan fingerprint density at radius 3 is 2.75 bits per heavy atom. The zero-order valence-corrected chi connectivity index (χ0v) is 9.51. The molecule has 0 amide bonds. The van der Waals surface area contributed by atoms with Crippen molar-refractivity contribution >= 4 is 0 Å². The standard InChI is InChI=1S/C14H18NO/c1-2-4-11(5-3-1)13-6-8-15-14(13)12-7-9-16-10-12/h1-5,12-14H,6-10H2/t12-,13-,14?/m1/s1. The largest absolute Gasteiger partial charge is 0.381 e. The molecule has 1 aromatic carbocycles. The topological polar surface area (TPSA) is 23.3 Å². The van der Waals surface area contributed by atoms with E-state index in [0.717, 1.165) is 19.8 Å². The maximum absolute atomic E-state index is 5.49. The highest BCUT2D eigenvalue weighted by Gasteiger charge is 2.36. The van der Waals surface area contributed by atoms with Crippen molar-refractivity contribution in [2.24, 2.45) is 5.92 Å². The van der Waals surface area contributed by atoms with Crippen LogP contribution in [0.4, 0.5) is 0 Å². The van der Waals surface area contributed by atoms with Gasteiger partial charge in [0, 0.05) is 31.0 Å². The van der Waals surface area contributed by atoms with E-state index in [4.69, 9.17) is 10.1 Å². The normalized spacial score (nSPS) is 34.4.